The Morgan fingerprint density at radius 1 is 1.30 bits per heavy atom. The van der Waals surface area contributed by atoms with Crippen LogP contribution in [0.5, 0.6) is 5.75 Å². The molecule has 0 fully saturated rings. The SMILES string of the molecule is CCOC(CCOc1ccccc1C(C)(C)C)C(=O)O. The summed E-state index contributed by atoms with van der Waals surface area (Å²) in [7, 11) is 0. The molecular formula is C16H24O4. The Morgan fingerprint density at radius 2 is 1.95 bits per heavy atom. The van der Waals surface area contributed by atoms with E-state index >= 15 is 0 Å². The first-order valence-electron chi connectivity index (χ1n) is 6.93. The number of para-hydroxylation sites is 1. The molecule has 0 aliphatic carbocycles. The molecule has 4 heteroatoms. The van der Waals surface area contributed by atoms with Gasteiger partial charge in [-0.2, -0.15) is 0 Å². The molecule has 1 aromatic carbocycles. The van der Waals surface area contributed by atoms with Crippen LogP contribution in [0.25, 0.3) is 0 Å². The second kappa shape index (κ2) is 7.29. The molecule has 1 rings (SSSR count). The average molecular weight is 280 g/mol. The Bertz CT molecular complexity index is 434. The molecule has 0 amide bonds. The van der Waals surface area contributed by atoms with Crippen LogP contribution in [0.4, 0.5) is 0 Å². The first-order valence-corrected chi connectivity index (χ1v) is 6.93. The van der Waals surface area contributed by atoms with E-state index < -0.39 is 12.1 Å². The van der Waals surface area contributed by atoms with Gasteiger partial charge in [-0.05, 0) is 24.0 Å². The maximum atomic E-state index is 11.0. The fourth-order valence-corrected chi connectivity index (χ4v) is 1.97. The zero-order chi connectivity index (χ0) is 15.2. The molecule has 0 aliphatic rings. The summed E-state index contributed by atoms with van der Waals surface area (Å²) in [5.41, 5.74) is 1.10. The number of hydrogen-bond donors (Lipinski definition) is 1. The monoisotopic (exact) mass is 280 g/mol. The number of rotatable bonds is 7. The van der Waals surface area contributed by atoms with E-state index in [1.165, 1.54) is 0 Å². The predicted octanol–water partition coefficient (Wildman–Crippen LogP) is 3.24. The van der Waals surface area contributed by atoms with E-state index in [4.69, 9.17) is 14.6 Å². The average Bonchev–Trinajstić information content (AvgIpc) is 2.37. The summed E-state index contributed by atoms with van der Waals surface area (Å²) < 4.78 is 10.9. The van der Waals surface area contributed by atoms with E-state index in [1.807, 2.05) is 24.3 Å². The van der Waals surface area contributed by atoms with E-state index in [0.29, 0.717) is 19.6 Å². The molecule has 0 saturated heterocycles. The summed E-state index contributed by atoms with van der Waals surface area (Å²) in [5, 5.41) is 9.00. The van der Waals surface area contributed by atoms with Crippen molar-refractivity contribution in [2.24, 2.45) is 0 Å². The number of carboxylic acids is 1. The zero-order valence-electron chi connectivity index (χ0n) is 12.7. The van der Waals surface area contributed by atoms with E-state index in [0.717, 1.165) is 11.3 Å². The first-order chi connectivity index (χ1) is 9.36. The molecule has 0 saturated carbocycles. The van der Waals surface area contributed by atoms with Crippen molar-refractivity contribution in [1.82, 2.24) is 0 Å². The maximum absolute atomic E-state index is 11.0. The number of benzene rings is 1. The van der Waals surface area contributed by atoms with Crippen LogP contribution in [0.2, 0.25) is 0 Å². The van der Waals surface area contributed by atoms with Gasteiger partial charge in [0.05, 0.1) is 6.61 Å². The highest BCUT2D eigenvalue weighted by molar-refractivity contribution is 5.72. The van der Waals surface area contributed by atoms with Crippen molar-refractivity contribution in [3.63, 3.8) is 0 Å². The van der Waals surface area contributed by atoms with Gasteiger partial charge in [-0.25, -0.2) is 4.79 Å². The summed E-state index contributed by atoms with van der Waals surface area (Å²) in [6, 6.07) is 7.85. The highest BCUT2D eigenvalue weighted by atomic mass is 16.5. The van der Waals surface area contributed by atoms with Gasteiger partial charge in [0.25, 0.3) is 0 Å². The van der Waals surface area contributed by atoms with Crippen molar-refractivity contribution in [2.75, 3.05) is 13.2 Å². The Labute approximate surface area is 120 Å². The molecule has 1 atom stereocenters. The van der Waals surface area contributed by atoms with Gasteiger partial charge in [-0.1, -0.05) is 39.0 Å². The lowest BCUT2D eigenvalue weighted by Gasteiger charge is -2.23. The highest BCUT2D eigenvalue weighted by Gasteiger charge is 2.20. The lowest BCUT2D eigenvalue weighted by Crippen LogP contribution is -2.26. The molecule has 0 bridgehead atoms. The van der Waals surface area contributed by atoms with Gasteiger partial charge >= 0.3 is 5.97 Å². The van der Waals surface area contributed by atoms with Crippen molar-refractivity contribution >= 4 is 5.97 Å². The number of carboxylic acid groups (broad SMARTS) is 1. The maximum Gasteiger partial charge on any atom is 0.332 e. The molecule has 1 unspecified atom stereocenters. The van der Waals surface area contributed by atoms with Gasteiger partial charge in [-0.3, -0.25) is 0 Å². The van der Waals surface area contributed by atoms with Crippen LogP contribution in [-0.4, -0.2) is 30.4 Å². The minimum atomic E-state index is -0.945. The normalized spacial score (nSPS) is 13.0. The summed E-state index contributed by atoms with van der Waals surface area (Å²) in [4.78, 5) is 11.0. The van der Waals surface area contributed by atoms with Crippen LogP contribution in [0.3, 0.4) is 0 Å². The summed E-state index contributed by atoms with van der Waals surface area (Å²) in [6.45, 7) is 8.85. The van der Waals surface area contributed by atoms with Crippen molar-refractivity contribution in [2.45, 2.75) is 45.6 Å². The van der Waals surface area contributed by atoms with E-state index in [1.54, 1.807) is 6.92 Å². The largest absolute Gasteiger partial charge is 0.493 e. The second-order valence-corrected chi connectivity index (χ2v) is 5.67. The Balaban J connectivity index is 2.64. The Morgan fingerprint density at radius 3 is 2.50 bits per heavy atom. The van der Waals surface area contributed by atoms with Crippen molar-refractivity contribution < 1.29 is 19.4 Å². The van der Waals surface area contributed by atoms with Gasteiger partial charge in [0.2, 0.25) is 0 Å². The van der Waals surface area contributed by atoms with Gasteiger partial charge in [0.1, 0.15) is 5.75 Å². The highest BCUT2D eigenvalue weighted by Crippen LogP contribution is 2.31. The van der Waals surface area contributed by atoms with E-state index in [-0.39, 0.29) is 5.41 Å². The van der Waals surface area contributed by atoms with Crippen LogP contribution in [0, 0.1) is 0 Å². The van der Waals surface area contributed by atoms with Crippen LogP contribution in [-0.2, 0) is 14.9 Å². The number of carbonyl (C=O) groups is 1. The summed E-state index contributed by atoms with van der Waals surface area (Å²) in [6.07, 6.45) is -0.469. The number of ether oxygens (including phenoxy) is 2. The van der Waals surface area contributed by atoms with Crippen molar-refractivity contribution in [3.8, 4) is 5.75 Å². The van der Waals surface area contributed by atoms with Crippen molar-refractivity contribution in [1.29, 1.82) is 0 Å². The van der Waals surface area contributed by atoms with E-state index in [9.17, 15) is 4.79 Å². The van der Waals surface area contributed by atoms with Crippen LogP contribution in [0.1, 0.15) is 39.7 Å². The Kier molecular flexibility index (Phi) is 6.02. The molecule has 1 N–H and O–H groups in total. The molecule has 0 heterocycles. The van der Waals surface area contributed by atoms with Gasteiger partial charge in [0.15, 0.2) is 6.10 Å². The molecule has 0 aromatic heterocycles. The lowest BCUT2D eigenvalue weighted by atomic mass is 9.86. The molecule has 0 spiro atoms. The third-order valence-corrected chi connectivity index (χ3v) is 2.98. The molecule has 1 aromatic rings. The Hall–Kier alpha value is -1.55. The van der Waals surface area contributed by atoms with Crippen LogP contribution < -0.4 is 4.74 Å². The van der Waals surface area contributed by atoms with Crippen molar-refractivity contribution in [3.05, 3.63) is 29.8 Å². The van der Waals surface area contributed by atoms with Gasteiger partial charge in [0, 0.05) is 13.0 Å². The minimum Gasteiger partial charge on any atom is -0.493 e. The second-order valence-electron chi connectivity index (χ2n) is 5.67. The predicted molar refractivity (Wildman–Crippen MR) is 78.3 cm³/mol. The summed E-state index contributed by atoms with van der Waals surface area (Å²) >= 11 is 0. The standard InChI is InChI=1S/C16H24O4/c1-5-19-14(15(17)18)10-11-20-13-9-7-6-8-12(13)16(2,3)4/h6-9,14H,5,10-11H2,1-4H3,(H,17,18). The first kappa shape index (κ1) is 16.5. The zero-order valence-corrected chi connectivity index (χ0v) is 12.7. The van der Waals surface area contributed by atoms with Crippen LogP contribution in [0.15, 0.2) is 24.3 Å². The topological polar surface area (TPSA) is 55.8 Å². The lowest BCUT2D eigenvalue weighted by molar-refractivity contribution is -0.150. The smallest absolute Gasteiger partial charge is 0.332 e. The van der Waals surface area contributed by atoms with E-state index in [2.05, 4.69) is 20.8 Å². The fraction of sp³-hybridized carbons (Fsp3) is 0.562. The quantitative estimate of drug-likeness (QED) is 0.833. The number of aliphatic carboxylic acids is 1. The molecular weight excluding hydrogens is 256 g/mol. The minimum absolute atomic E-state index is 0.0112. The molecule has 0 radical (unpaired) electrons. The fourth-order valence-electron chi connectivity index (χ4n) is 1.97. The molecule has 0 aliphatic heterocycles. The molecule has 4 nitrogen and oxygen atoms in total. The van der Waals surface area contributed by atoms with Gasteiger partial charge < -0.3 is 14.6 Å². The third-order valence-electron chi connectivity index (χ3n) is 2.98. The summed E-state index contributed by atoms with van der Waals surface area (Å²) in [5.74, 6) is -0.139. The molecule has 20 heavy (non-hydrogen) atoms. The molecule has 112 valence electrons. The number of hydrogen-bond acceptors (Lipinski definition) is 3. The third kappa shape index (κ3) is 4.85. The van der Waals surface area contributed by atoms with Gasteiger partial charge in [-0.15, -0.1) is 0 Å². The van der Waals surface area contributed by atoms with Crippen LogP contribution >= 0.6 is 0 Å².